The van der Waals surface area contributed by atoms with Crippen molar-refractivity contribution in [1.29, 1.82) is 0 Å². The molecule has 3 heterocycles. The van der Waals surface area contributed by atoms with Crippen molar-refractivity contribution in [3.63, 3.8) is 0 Å². The number of rotatable bonds is 2. The van der Waals surface area contributed by atoms with Crippen LogP contribution in [0.5, 0.6) is 0 Å². The highest BCUT2D eigenvalue weighted by Gasteiger charge is 2.37. The molecule has 1 aliphatic heterocycles. The van der Waals surface area contributed by atoms with Crippen LogP contribution in [-0.4, -0.2) is 26.7 Å². The first-order chi connectivity index (χ1) is 8.69. The van der Waals surface area contributed by atoms with Gasteiger partial charge in [0.05, 0.1) is 0 Å². The monoisotopic (exact) mass is 247 g/mol. The lowest BCUT2D eigenvalue weighted by Crippen LogP contribution is -2.21. The number of anilines is 1. The lowest BCUT2D eigenvalue weighted by Gasteiger charge is -2.17. The third-order valence-electron chi connectivity index (χ3n) is 3.05. The molecule has 2 aromatic rings. The van der Waals surface area contributed by atoms with E-state index in [4.69, 9.17) is 15.0 Å². The first-order valence-electron chi connectivity index (χ1n) is 5.74. The Hall–Kier alpha value is -2.02. The summed E-state index contributed by atoms with van der Waals surface area (Å²) in [7, 11) is 0. The number of hydrogen-bond donors (Lipinski definition) is 1. The normalized spacial score (nSPS) is 23.4. The molecule has 1 fully saturated rings. The number of nitrogens with zero attached hydrogens (tertiary/aromatic N) is 4. The van der Waals surface area contributed by atoms with Gasteiger partial charge in [0, 0.05) is 19.0 Å². The SMILES string of the molecule is CC1(c2noc(-c3nccnc3N)n2)CCCO1. The summed E-state index contributed by atoms with van der Waals surface area (Å²) in [6, 6.07) is 0. The van der Waals surface area contributed by atoms with Gasteiger partial charge in [0.15, 0.2) is 11.5 Å². The minimum absolute atomic E-state index is 0.269. The van der Waals surface area contributed by atoms with Gasteiger partial charge in [-0.1, -0.05) is 5.16 Å². The van der Waals surface area contributed by atoms with Crippen molar-refractivity contribution in [2.45, 2.75) is 25.4 Å². The first-order valence-corrected chi connectivity index (χ1v) is 5.74. The van der Waals surface area contributed by atoms with E-state index in [-0.39, 0.29) is 11.7 Å². The highest BCUT2D eigenvalue weighted by Crippen LogP contribution is 2.34. The topological polar surface area (TPSA) is 100.0 Å². The quantitative estimate of drug-likeness (QED) is 0.848. The van der Waals surface area contributed by atoms with Crippen molar-refractivity contribution in [2.24, 2.45) is 0 Å². The molecule has 18 heavy (non-hydrogen) atoms. The van der Waals surface area contributed by atoms with Crippen molar-refractivity contribution in [3.05, 3.63) is 18.2 Å². The summed E-state index contributed by atoms with van der Waals surface area (Å²) in [4.78, 5) is 12.3. The fourth-order valence-electron chi connectivity index (χ4n) is 2.00. The second kappa shape index (κ2) is 4.02. The summed E-state index contributed by atoms with van der Waals surface area (Å²) < 4.78 is 10.8. The molecule has 2 aromatic heterocycles. The van der Waals surface area contributed by atoms with Gasteiger partial charge in [-0.25, -0.2) is 9.97 Å². The van der Waals surface area contributed by atoms with Gasteiger partial charge in [0.2, 0.25) is 5.82 Å². The molecule has 1 aliphatic rings. The molecule has 0 bridgehead atoms. The van der Waals surface area contributed by atoms with Crippen LogP contribution in [0.25, 0.3) is 11.6 Å². The van der Waals surface area contributed by atoms with Crippen molar-refractivity contribution >= 4 is 5.82 Å². The van der Waals surface area contributed by atoms with Crippen molar-refractivity contribution in [2.75, 3.05) is 12.3 Å². The Morgan fingerprint density at radius 3 is 2.89 bits per heavy atom. The van der Waals surface area contributed by atoms with Crippen LogP contribution in [-0.2, 0) is 10.3 Å². The van der Waals surface area contributed by atoms with Crippen LogP contribution >= 0.6 is 0 Å². The van der Waals surface area contributed by atoms with Crippen LogP contribution in [0.15, 0.2) is 16.9 Å². The molecule has 7 heteroatoms. The Labute approximate surface area is 103 Å². The van der Waals surface area contributed by atoms with E-state index in [0.29, 0.717) is 18.1 Å². The number of ether oxygens (including phenoxy) is 1. The van der Waals surface area contributed by atoms with E-state index in [1.807, 2.05) is 6.92 Å². The maximum Gasteiger partial charge on any atom is 0.280 e. The van der Waals surface area contributed by atoms with Gasteiger partial charge < -0.3 is 15.0 Å². The Morgan fingerprint density at radius 2 is 2.17 bits per heavy atom. The van der Waals surface area contributed by atoms with Crippen LogP contribution in [0, 0.1) is 0 Å². The second-order valence-electron chi connectivity index (χ2n) is 4.40. The van der Waals surface area contributed by atoms with Gasteiger partial charge in [0.1, 0.15) is 5.60 Å². The number of nitrogens with two attached hydrogens (primary N) is 1. The fraction of sp³-hybridized carbons (Fsp3) is 0.455. The van der Waals surface area contributed by atoms with E-state index in [9.17, 15) is 0 Å². The van der Waals surface area contributed by atoms with Crippen LogP contribution in [0.4, 0.5) is 5.82 Å². The summed E-state index contributed by atoms with van der Waals surface area (Å²) in [6.45, 7) is 2.67. The van der Waals surface area contributed by atoms with Crippen molar-refractivity contribution < 1.29 is 9.26 Å². The van der Waals surface area contributed by atoms with Crippen molar-refractivity contribution in [3.8, 4) is 11.6 Å². The summed E-state index contributed by atoms with van der Waals surface area (Å²) >= 11 is 0. The Kier molecular flexibility index (Phi) is 2.48. The Bertz CT molecular complexity index is 562. The average molecular weight is 247 g/mol. The van der Waals surface area contributed by atoms with Gasteiger partial charge in [0.25, 0.3) is 5.89 Å². The molecule has 3 rings (SSSR count). The molecule has 1 saturated heterocycles. The number of aromatic nitrogens is 4. The minimum atomic E-state index is -0.473. The Morgan fingerprint density at radius 1 is 1.33 bits per heavy atom. The highest BCUT2D eigenvalue weighted by molar-refractivity contribution is 5.61. The average Bonchev–Trinajstić information content (AvgIpc) is 2.99. The molecule has 94 valence electrons. The zero-order valence-corrected chi connectivity index (χ0v) is 9.96. The molecule has 0 aliphatic carbocycles. The van der Waals surface area contributed by atoms with Crippen LogP contribution in [0.3, 0.4) is 0 Å². The predicted octanol–water partition coefficient (Wildman–Crippen LogP) is 1.13. The molecule has 0 amide bonds. The Balaban J connectivity index is 1.97. The molecular weight excluding hydrogens is 234 g/mol. The standard InChI is InChI=1S/C11H13N5O2/c1-11(3-2-6-17-11)10-15-9(18-16-10)7-8(12)14-5-4-13-7/h4-5H,2-3,6H2,1H3,(H2,12,14). The minimum Gasteiger partial charge on any atom is -0.382 e. The maximum atomic E-state index is 5.72. The second-order valence-corrected chi connectivity index (χ2v) is 4.40. The highest BCUT2D eigenvalue weighted by atomic mass is 16.5. The lowest BCUT2D eigenvalue weighted by atomic mass is 10.0. The zero-order chi connectivity index (χ0) is 12.6. The van der Waals surface area contributed by atoms with Gasteiger partial charge in [-0.2, -0.15) is 4.98 Å². The fourth-order valence-corrected chi connectivity index (χ4v) is 2.00. The molecule has 0 saturated carbocycles. The van der Waals surface area contributed by atoms with Gasteiger partial charge in [-0.3, -0.25) is 0 Å². The molecule has 0 radical (unpaired) electrons. The molecule has 7 nitrogen and oxygen atoms in total. The summed E-state index contributed by atoms with van der Waals surface area (Å²) in [6.07, 6.45) is 4.91. The molecule has 0 aromatic carbocycles. The summed E-state index contributed by atoms with van der Waals surface area (Å²) in [5.74, 6) is 1.07. The number of hydrogen-bond acceptors (Lipinski definition) is 7. The molecule has 0 spiro atoms. The van der Waals surface area contributed by atoms with Gasteiger partial charge >= 0.3 is 0 Å². The largest absolute Gasteiger partial charge is 0.382 e. The van der Waals surface area contributed by atoms with Crippen LogP contribution < -0.4 is 5.73 Å². The van der Waals surface area contributed by atoms with E-state index in [2.05, 4.69) is 20.1 Å². The van der Waals surface area contributed by atoms with E-state index in [1.165, 1.54) is 12.4 Å². The number of nitrogen functional groups attached to an aromatic ring is 1. The van der Waals surface area contributed by atoms with E-state index < -0.39 is 5.60 Å². The van der Waals surface area contributed by atoms with E-state index in [0.717, 1.165) is 12.8 Å². The first kappa shape index (κ1) is 11.1. The summed E-state index contributed by atoms with van der Waals surface area (Å²) in [5, 5.41) is 3.95. The van der Waals surface area contributed by atoms with Gasteiger partial charge in [-0.05, 0) is 19.8 Å². The predicted molar refractivity (Wildman–Crippen MR) is 62.3 cm³/mol. The lowest BCUT2D eigenvalue weighted by molar-refractivity contribution is 0.00768. The van der Waals surface area contributed by atoms with Crippen molar-refractivity contribution in [1.82, 2.24) is 20.1 Å². The summed E-state index contributed by atoms with van der Waals surface area (Å²) in [5.41, 5.74) is 5.64. The van der Waals surface area contributed by atoms with Gasteiger partial charge in [-0.15, -0.1) is 0 Å². The molecule has 1 atom stereocenters. The third-order valence-corrected chi connectivity index (χ3v) is 3.05. The smallest absolute Gasteiger partial charge is 0.280 e. The van der Waals surface area contributed by atoms with E-state index >= 15 is 0 Å². The van der Waals surface area contributed by atoms with E-state index in [1.54, 1.807) is 0 Å². The van der Waals surface area contributed by atoms with Crippen LogP contribution in [0.2, 0.25) is 0 Å². The molecular formula is C11H13N5O2. The molecule has 1 unspecified atom stereocenters. The third kappa shape index (κ3) is 1.72. The zero-order valence-electron chi connectivity index (χ0n) is 9.96. The van der Waals surface area contributed by atoms with Crippen LogP contribution in [0.1, 0.15) is 25.6 Å². The maximum absolute atomic E-state index is 5.72. The molecule has 2 N–H and O–H groups in total.